The highest BCUT2D eigenvalue weighted by Gasteiger charge is 2.38. The Labute approximate surface area is 186 Å². The fraction of sp³-hybridized carbons (Fsp3) is 0.333. The molecular formula is C21H22F3N5O4. The Morgan fingerprint density at radius 3 is 2.58 bits per heavy atom. The number of furan rings is 1. The number of H-pyrrole nitrogens is 1. The van der Waals surface area contributed by atoms with Crippen LogP contribution in [-0.4, -0.2) is 51.6 Å². The first-order valence-corrected chi connectivity index (χ1v) is 9.63. The molecule has 0 aliphatic rings. The number of carbonyl (C=O) groups is 2. The highest BCUT2D eigenvalue weighted by atomic mass is 19.4. The number of rotatable bonds is 6. The number of carboxylic acids is 1. The lowest BCUT2D eigenvalue weighted by molar-refractivity contribution is -0.192. The van der Waals surface area contributed by atoms with Crippen LogP contribution >= 0.6 is 0 Å². The van der Waals surface area contributed by atoms with Crippen LogP contribution in [0.1, 0.15) is 29.8 Å². The van der Waals surface area contributed by atoms with Gasteiger partial charge in [0.1, 0.15) is 28.9 Å². The van der Waals surface area contributed by atoms with Crippen molar-refractivity contribution in [2.45, 2.75) is 33.0 Å². The first-order valence-electron chi connectivity index (χ1n) is 9.63. The molecule has 0 fully saturated rings. The number of imidazole rings is 1. The summed E-state index contributed by atoms with van der Waals surface area (Å²) >= 11 is 0. The van der Waals surface area contributed by atoms with Crippen LogP contribution in [0.3, 0.4) is 0 Å². The van der Waals surface area contributed by atoms with Crippen molar-refractivity contribution in [3.8, 4) is 6.07 Å². The molecule has 0 bridgehead atoms. The Kier molecular flexibility index (Phi) is 8.20. The molecule has 2 aromatic heterocycles. The molecule has 0 spiro atoms. The van der Waals surface area contributed by atoms with E-state index in [1.54, 1.807) is 6.20 Å². The fourth-order valence-corrected chi connectivity index (χ4v) is 3.00. The summed E-state index contributed by atoms with van der Waals surface area (Å²) in [6.07, 6.45) is -2.73. The number of anilines is 1. The number of benzene rings is 1. The topological polar surface area (TPSA) is 135 Å². The molecule has 3 N–H and O–H groups in total. The molecule has 9 nitrogen and oxygen atoms in total. The Bertz CT molecular complexity index is 1180. The number of nitriles is 1. The number of halogens is 3. The molecule has 1 aromatic carbocycles. The van der Waals surface area contributed by atoms with Crippen molar-refractivity contribution < 1.29 is 32.3 Å². The zero-order chi connectivity index (χ0) is 24.8. The maximum absolute atomic E-state index is 11.3. The Morgan fingerprint density at radius 2 is 2.03 bits per heavy atom. The predicted octanol–water partition coefficient (Wildman–Crippen LogP) is 3.60. The molecule has 33 heavy (non-hydrogen) atoms. The van der Waals surface area contributed by atoms with E-state index in [9.17, 15) is 18.0 Å². The Morgan fingerprint density at radius 1 is 1.36 bits per heavy atom. The van der Waals surface area contributed by atoms with Crippen LogP contribution in [0.25, 0.3) is 11.0 Å². The first kappa shape index (κ1) is 25.4. The number of hydrogen-bond donors (Lipinski definition) is 3. The van der Waals surface area contributed by atoms with E-state index in [1.165, 1.54) is 6.92 Å². The van der Waals surface area contributed by atoms with Gasteiger partial charge in [-0.25, -0.2) is 9.78 Å². The largest absolute Gasteiger partial charge is 0.490 e. The SMILES string of the molecule is CC(=O)Nc1ccc2oc(C)c(CCN(C)Cc3ncc(C#N)[nH]3)c2c1.O=C(O)C(F)(F)F. The molecule has 12 heteroatoms. The monoisotopic (exact) mass is 465 g/mol. The number of carbonyl (C=O) groups excluding carboxylic acids is 1. The van der Waals surface area contributed by atoms with Gasteiger partial charge in [0.05, 0.1) is 12.7 Å². The maximum atomic E-state index is 11.3. The molecule has 0 saturated heterocycles. The highest BCUT2D eigenvalue weighted by molar-refractivity contribution is 5.93. The van der Waals surface area contributed by atoms with Gasteiger partial charge in [-0.05, 0) is 38.6 Å². The first-order chi connectivity index (χ1) is 15.4. The van der Waals surface area contributed by atoms with Gasteiger partial charge in [0.2, 0.25) is 5.91 Å². The number of fused-ring (bicyclic) bond motifs is 1. The summed E-state index contributed by atoms with van der Waals surface area (Å²) in [6, 6.07) is 7.72. The third-order valence-corrected chi connectivity index (χ3v) is 4.47. The zero-order valence-corrected chi connectivity index (χ0v) is 18.1. The van der Waals surface area contributed by atoms with Crippen molar-refractivity contribution in [2.24, 2.45) is 0 Å². The lowest BCUT2D eigenvalue weighted by atomic mass is 10.1. The van der Waals surface area contributed by atoms with Gasteiger partial charge in [-0.15, -0.1) is 0 Å². The lowest BCUT2D eigenvalue weighted by Crippen LogP contribution is -2.21. The van der Waals surface area contributed by atoms with Crippen molar-refractivity contribution in [1.29, 1.82) is 5.26 Å². The molecule has 0 aliphatic heterocycles. The maximum Gasteiger partial charge on any atom is 0.490 e. The predicted molar refractivity (Wildman–Crippen MR) is 112 cm³/mol. The molecule has 0 atom stereocenters. The quantitative estimate of drug-likeness (QED) is 0.506. The molecule has 0 radical (unpaired) electrons. The number of amides is 1. The Balaban J connectivity index is 0.000000479. The number of nitrogens with one attached hydrogen (secondary N) is 2. The van der Waals surface area contributed by atoms with Crippen LogP contribution in [0.15, 0.2) is 28.8 Å². The molecule has 0 unspecified atom stereocenters. The summed E-state index contributed by atoms with van der Waals surface area (Å²) in [5, 5.41) is 19.8. The van der Waals surface area contributed by atoms with Crippen molar-refractivity contribution in [3.05, 3.63) is 47.2 Å². The van der Waals surface area contributed by atoms with Crippen molar-refractivity contribution in [1.82, 2.24) is 14.9 Å². The normalized spacial score (nSPS) is 11.1. The second kappa shape index (κ2) is 10.6. The van der Waals surface area contributed by atoms with Crippen LogP contribution in [0, 0.1) is 18.3 Å². The van der Waals surface area contributed by atoms with E-state index >= 15 is 0 Å². The van der Waals surface area contributed by atoms with Gasteiger partial charge in [-0.3, -0.25) is 9.69 Å². The summed E-state index contributed by atoms with van der Waals surface area (Å²) in [4.78, 5) is 29.5. The number of aryl methyl sites for hydroxylation is 1. The number of aromatic amines is 1. The minimum absolute atomic E-state index is 0.0963. The average molecular weight is 465 g/mol. The summed E-state index contributed by atoms with van der Waals surface area (Å²) in [6.45, 7) is 4.89. The molecular weight excluding hydrogens is 443 g/mol. The lowest BCUT2D eigenvalue weighted by Gasteiger charge is -2.15. The van der Waals surface area contributed by atoms with Crippen LogP contribution in [0.4, 0.5) is 18.9 Å². The third-order valence-electron chi connectivity index (χ3n) is 4.47. The molecule has 0 saturated carbocycles. The van der Waals surface area contributed by atoms with E-state index < -0.39 is 12.1 Å². The number of alkyl halides is 3. The average Bonchev–Trinajstić information content (AvgIpc) is 3.28. The fourth-order valence-electron chi connectivity index (χ4n) is 3.00. The van der Waals surface area contributed by atoms with Crippen LogP contribution in [0.5, 0.6) is 0 Å². The van der Waals surface area contributed by atoms with Crippen molar-refractivity contribution >= 4 is 28.5 Å². The van der Waals surface area contributed by atoms with Gasteiger partial charge in [0, 0.05) is 30.1 Å². The van der Waals surface area contributed by atoms with E-state index in [2.05, 4.69) is 20.2 Å². The number of carboxylic acid groups (broad SMARTS) is 1. The van der Waals surface area contributed by atoms with E-state index in [1.807, 2.05) is 38.2 Å². The van der Waals surface area contributed by atoms with Crippen LogP contribution < -0.4 is 5.32 Å². The van der Waals surface area contributed by atoms with Gasteiger partial charge < -0.3 is 19.8 Å². The second-order valence-corrected chi connectivity index (χ2v) is 7.17. The summed E-state index contributed by atoms with van der Waals surface area (Å²) in [5.41, 5.74) is 3.19. The van der Waals surface area contributed by atoms with E-state index in [4.69, 9.17) is 19.6 Å². The van der Waals surface area contributed by atoms with E-state index in [0.717, 1.165) is 46.8 Å². The smallest absolute Gasteiger partial charge is 0.475 e. The minimum Gasteiger partial charge on any atom is -0.475 e. The van der Waals surface area contributed by atoms with Gasteiger partial charge in [-0.1, -0.05) is 0 Å². The summed E-state index contributed by atoms with van der Waals surface area (Å²) in [5.74, 6) is -1.20. The number of hydrogen-bond acceptors (Lipinski definition) is 6. The number of nitrogens with zero attached hydrogens (tertiary/aromatic N) is 3. The number of aliphatic carboxylic acids is 1. The number of aromatic nitrogens is 2. The summed E-state index contributed by atoms with van der Waals surface area (Å²) in [7, 11) is 2.01. The molecule has 176 valence electrons. The third kappa shape index (κ3) is 7.36. The standard InChI is InChI=1S/C19H21N5O2.C2HF3O2/c1-12-16(6-7-24(3)11-19-21-10-15(9-20)23-19)17-8-14(22-13(2)25)4-5-18(17)26-12;3-2(4,5)1(6)7/h4-5,8,10H,6-7,11H2,1-3H3,(H,21,23)(H,22,25);(H,6,7). The Hall–Kier alpha value is -3.85. The van der Waals surface area contributed by atoms with Crippen LogP contribution in [-0.2, 0) is 22.6 Å². The molecule has 3 rings (SSSR count). The second-order valence-electron chi connectivity index (χ2n) is 7.17. The molecule has 1 amide bonds. The van der Waals surface area contributed by atoms with Gasteiger partial charge in [0.15, 0.2) is 0 Å². The summed E-state index contributed by atoms with van der Waals surface area (Å²) < 4.78 is 37.6. The van der Waals surface area contributed by atoms with Gasteiger partial charge in [0.25, 0.3) is 0 Å². The van der Waals surface area contributed by atoms with Gasteiger partial charge >= 0.3 is 12.1 Å². The molecule has 3 aromatic rings. The van der Waals surface area contributed by atoms with Gasteiger partial charge in [-0.2, -0.15) is 18.4 Å². The van der Waals surface area contributed by atoms with Crippen LogP contribution in [0.2, 0.25) is 0 Å². The van der Waals surface area contributed by atoms with E-state index in [0.29, 0.717) is 12.2 Å². The van der Waals surface area contributed by atoms with Crippen molar-refractivity contribution in [3.63, 3.8) is 0 Å². The van der Waals surface area contributed by atoms with Crippen molar-refractivity contribution in [2.75, 3.05) is 18.9 Å². The zero-order valence-electron chi connectivity index (χ0n) is 18.1. The molecule has 2 heterocycles. The highest BCUT2D eigenvalue weighted by Crippen LogP contribution is 2.28. The van der Waals surface area contributed by atoms with E-state index in [-0.39, 0.29) is 5.91 Å². The minimum atomic E-state index is -5.08. The number of likely N-dealkylation sites (N-methyl/N-ethyl adjacent to an activating group) is 1. The molecule has 0 aliphatic carbocycles.